The Balaban J connectivity index is 3.12. The van der Waals surface area contributed by atoms with Crippen LogP contribution in [-0.2, 0) is 0 Å². The van der Waals surface area contributed by atoms with Crippen LogP contribution in [-0.4, -0.2) is 15.0 Å². The Labute approximate surface area is 80.8 Å². The van der Waals surface area contributed by atoms with E-state index in [-0.39, 0.29) is 9.98 Å². The van der Waals surface area contributed by atoms with Crippen LogP contribution in [0.3, 0.4) is 0 Å². The molecule has 1 heterocycles. The fourth-order valence-electron chi connectivity index (χ4n) is 0.709. The van der Waals surface area contributed by atoms with E-state index in [9.17, 15) is 0 Å². The van der Waals surface area contributed by atoms with E-state index in [4.69, 9.17) is 35.9 Å². The van der Waals surface area contributed by atoms with Crippen LogP contribution in [0.25, 0.3) is 0 Å². The molecule has 0 aliphatic heterocycles. The first-order valence-corrected chi connectivity index (χ1v) is 3.99. The Bertz CT molecular complexity index is 306. The van der Waals surface area contributed by atoms with Crippen molar-refractivity contribution in [3.63, 3.8) is 0 Å². The number of pyridine rings is 1. The van der Waals surface area contributed by atoms with Crippen LogP contribution in [0.2, 0.25) is 0 Å². The van der Waals surface area contributed by atoms with Gasteiger partial charge in [-0.1, -0.05) is 30.5 Å². The number of nitrogens with zero attached hydrogens (tertiary/aromatic N) is 1. The number of aromatic nitrogens is 1. The molecule has 0 spiro atoms. The Hall–Kier alpha value is -1.07. The normalized spacial score (nSPS) is 9.33. The second-order valence-electron chi connectivity index (χ2n) is 2.14. The quantitative estimate of drug-likeness (QED) is 0.670. The molecule has 0 amide bonds. The summed E-state index contributed by atoms with van der Waals surface area (Å²) in [7, 11) is 0. The maximum atomic E-state index is 5.37. The summed E-state index contributed by atoms with van der Waals surface area (Å²) in [4.78, 5) is 4.53. The van der Waals surface area contributed by atoms with E-state index in [1.807, 2.05) is 0 Å². The van der Waals surface area contributed by atoms with Crippen LogP contribution in [0.5, 0.6) is 0 Å². The topological polar surface area (TPSA) is 64.9 Å². The third-order valence-electron chi connectivity index (χ3n) is 1.25. The molecule has 3 nitrogen and oxygen atoms in total. The number of hydrogen-bond donors (Lipinski definition) is 2. The van der Waals surface area contributed by atoms with Crippen LogP contribution < -0.4 is 11.5 Å². The number of nitrogens with two attached hydrogens (primary N) is 2. The molecule has 1 aromatic rings. The first-order chi connectivity index (χ1) is 5.61. The van der Waals surface area contributed by atoms with Gasteiger partial charge in [0.25, 0.3) is 0 Å². The van der Waals surface area contributed by atoms with Gasteiger partial charge in [0.1, 0.15) is 9.98 Å². The summed E-state index contributed by atoms with van der Waals surface area (Å²) in [6.45, 7) is 0. The molecule has 0 atom stereocenters. The largest absolute Gasteiger partial charge is 0.388 e. The van der Waals surface area contributed by atoms with Gasteiger partial charge in [0.05, 0.1) is 11.4 Å². The van der Waals surface area contributed by atoms with Gasteiger partial charge in [-0.3, -0.25) is 0 Å². The molecule has 0 aliphatic rings. The molecule has 62 valence electrons. The van der Waals surface area contributed by atoms with Crippen molar-refractivity contribution in [1.29, 1.82) is 0 Å². The van der Waals surface area contributed by atoms with Gasteiger partial charge in [0.15, 0.2) is 0 Å². The molecule has 0 aromatic carbocycles. The summed E-state index contributed by atoms with van der Waals surface area (Å²) in [5.41, 5.74) is 11.8. The molecular formula is C7H7N3S2. The highest BCUT2D eigenvalue weighted by molar-refractivity contribution is 7.81. The van der Waals surface area contributed by atoms with Crippen LogP contribution in [0, 0.1) is 0 Å². The Kier molecular flexibility index (Phi) is 2.67. The molecule has 12 heavy (non-hydrogen) atoms. The van der Waals surface area contributed by atoms with E-state index in [1.54, 1.807) is 18.2 Å². The van der Waals surface area contributed by atoms with Crippen molar-refractivity contribution in [2.45, 2.75) is 0 Å². The van der Waals surface area contributed by atoms with E-state index in [2.05, 4.69) is 4.98 Å². The maximum absolute atomic E-state index is 5.37. The van der Waals surface area contributed by atoms with E-state index in [1.165, 1.54) is 0 Å². The van der Waals surface area contributed by atoms with Crippen molar-refractivity contribution >= 4 is 34.4 Å². The molecule has 0 saturated heterocycles. The van der Waals surface area contributed by atoms with Gasteiger partial charge >= 0.3 is 0 Å². The van der Waals surface area contributed by atoms with Crippen molar-refractivity contribution < 1.29 is 0 Å². The van der Waals surface area contributed by atoms with Crippen LogP contribution >= 0.6 is 24.4 Å². The van der Waals surface area contributed by atoms with Gasteiger partial charge in [-0.15, -0.1) is 0 Å². The molecular weight excluding hydrogens is 190 g/mol. The standard InChI is InChI=1S/C7H7N3S2/c8-6(11)4-2-1-3-5(10-4)7(9)12/h1-3H,(H2,8,11)(H2,9,12). The number of rotatable bonds is 2. The molecule has 4 N–H and O–H groups in total. The van der Waals surface area contributed by atoms with Gasteiger partial charge in [0, 0.05) is 0 Å². The highest BCUT2D eigenvalue weighted by Gasteiger charge is 2.01. The monoisotopic (exact) mass is 197 g/mol. The van der Waals surface area contributed by atoms with Crippen LogP contribution in [0.15, 0.2) is 18.2 Å². The average molecular weight is 197 g/mol. The molecule has 0 unspecified atom stereocenters. The first kappa shape index (κ1) is 9.02. The van der Waals surface area contributed by atoms with Crippen molar-refractivity contribution in [1.82, 2.24) is 4.98 Å². The van der Waals surface area contributed by atoms with Gasteiger partial charge in [-0.25, -0.2) is 4.98 Å². The molecule has 0 saturated carbocycles. The lowest BCUT2D eigenvalue weighted by Gasteiger charge is -1.99. The van der Waals surface area contributed by atoms with Gasteiger partial charge in [-0.05, 0) is 12.1 Å². The molecule has 1 rings (SSSR count). The minimum absolute atomic E-state index is 0.244. The summed E-state index contributed by atoms with van der Waals surface area (Å²) < 4.78 is 0. The third-order valence-corrected chi connectivity index (χ3v) is 1.67. The van der Waals surface area contributed by atoms with Gasteiger partial charge in [0.2, 0.25) is 0 Å². The van der Waals surface area contributed by atoms with Crippen molar-refractivity contribution in [3.8, 4) is 0 Å². The number of thiocarbonyl (C=S) groups is 2. The lowest BCUT2D eigenvalue weighted by molar-refractivity contribution is 1.26. The second kappa shape index (κ2) is 3.55. The predicted molar refractivity (Wildman–Crippen MR) is 56.0 cm³/mol. The summed E-state index contributed by atoms with van der Waals surface area (Å²) >= 11 is 9.48. The van der Waals surface area contributed by atoms with Crippen molar-refractivity contribution in [3.05, 3.63) is 29.6 Å². The Morgan fingerprint density at radius 1 is 1.08 bits per heavy atom. The van der Waals surface area contributed by atoms with E-state index in [0.717, 1.165) is 0 Å². The Morgan fingerprint density at radius 3 is 1.83 bits per heavy atom. The Morgan fingerprint density at radius 2 is 1.50 bits per heavy atom. The zero-order chi connectivity index (χ0) is 9.14. The van der Waals surface area contributed by atoms with E-state index >= 15 is 0 Å². The van der Waals surface area contributed by atoms with Crippen molar-refractivity contribution in [2.24, 2.45) is 11.5 Å². The average Bonchev–Trinajstić information content (AvgIpc) is 2.04. The SMILES string of the molecule is NC(=S)c1cccc(C(N)=S)n1. The van der Waals surface area contributed by atoms with Crippen molar-refractivity contribution in [2.75, 3.05) is 0 Å². The predicted octanol–water partition coefficient (Wildman–Crippen LogP) is 0.350. The molecule has 0 aliphatic carbocycles. The maximum Gasteiger partial charge on any atom is 0.122 e. The number of hydrogen-bond acceptors (Lipinski definition) is 3. The molecule has 1 aromatic heterocycles. The second-order valence-corrected chi connectivity index (χ2v) is 3.02. The highest BCUT2D eigenvalue weighted by Crippen LogP contribution is 1.98. The molecule has 0 fully saturated rings. The zero-order valence-corrected chi connectivity index (χ0v) is 7.78. The fraction of sp³-hybridized carbons (Fsp3) is 0. The van der Waals surface area contributed by atoms with Crippen LogP contribution in [0.1, 0.15) is 11.4 Å². The lowest BCUT2D eigenvalue weighted by atomic mass is 10.3. The minimum Gasteiger partial charge on any atom is -0.388 e. The lowest BCUT2D eigenvalue weighted by Crippen LogP contribution is -2.16. The molecule has 5 heteroatoms. The summed E-state index contributed by atoms with van der Waals surface area (Å²) in [5, 5.41) is 0. The highest BCUT2D eigenvalue weighted by atomic mass is 32.1. The smallest absolute Gasteiger partial charge is 0.122 e. The summed E-state index contributed by atoms with van der Waals surface area (Å²) in [6.07, 6.45) is 0. The van der Waals surface area contributed by atoms with Gasteiger partial charge < -0.3 is 11.5 Å². The molecule has 0 bridgehead atoms. The van der Waals surface area contributed by atoms with Gasteiger partial charge in [-0.2, -0.15) is 0 Å². The first-order valence-electron chi connectivity index (χ1n) is 3.18. The van der Waals surface area contributed by atoms with E-state index < -0.39 is 0 Å². The molecule has 0 radical (unpaired) electrons. The van der Waals surface area contributed by atoms with Crippen LogP contribution in [0.4, 0.5) is 0 Å². The summed E-state index contributed by atoms with van der Waals surface area (Å²) in [6, 6.07) is 5.18. The zero-order valence-electron chi connectivity index (χ0n) is 6.15. The summed E-state index contributed by atoms with van der Waals surface area (Å²) in [5.74, 6) is 0. The fourth-order valence-corrected chi connectivity index (χ4v) is 0.937. The third kappa shape index (κ3) is 1.96. The minimum atomic E-state index is 0.244. The van der Waals surface area contributed by atoms with E-state index in [0.29, 0.717) is 11.4 Å².